The van der Waals surface area contributed by atoms with Gasteiger partial charge in [0.05, 0.1) is 10.6 Å². The minimum absolute atomic E-state index is 0.115. The Kier molecular flexibility index (Phi) is 6.39. The Bertz CT molecular complexity index is 931. The predicted molar refractivity (Wildman–Crippen MR) is 113 cm³/mol. The first kappa shape index (κ1) is 20.4. The summed E-state index contributed by atoms with van der Waals surface area (Å²) in [4.78, 5) is 11.8. The van der Waals surface area contributed by atoms with Crippen molar-refractivity contribution in [3.63, 3.8) is 0 Å². The van der Waals surface area contributed by atoms with Crippen molar-refractivity contribution < 1.29 is 13.2 Å². The molecule has 0 radical (unpaired) electrons. The minimum Gasteiger partial charge on any atom is -0.326 e. The number of rotatable bonds is 6. The Morgan fingerprint density at radius 3 is 2.36 bits per heavy atom. The number of sulfonamides is 1. The average molecular weight is 401 g/mol. The fraction of sp³-hybridized carbons (Fsp3) is 0.409. The number of nitrogens with one attached hydrogen (secondary N) is 2. The van der Waals surface area contributed by atoms with Gasteiger partial charge in [0, 0.05) is 12.1 Å². The number of aryl methyl sites for hydroxylation is 1. The maximum absolute atomic E-state index is 12.8. The van der Waals surface area contributed by atoms with E-state index in [1.807, 2.05) is 19.1 Å². The van der Waals surface area contributed by atoms with Crippen molar-refractivity contribution in [1.29, 1.82) is 0 Å². The van der Waals surface area contributed by atoms with Gasteiger partial charge in [-0.1, -0.05) is 44.4 Å². The van der Waals surface area contributed by atoms with Crippen LogP contribution in [-0.2, 0) is 14.8 Å². The highest BCUT2D eigenvalue weighted by Gasteiger charge is 2.19. The molecule has 0 atom stereocenters. The summed E-state index contributed by atoms with van der Waals surface area (Å²) in [7, 11) is -3.70. The predicted octanol–water partition coefficient (Wildman–Crippen LogP) is 5.19. The van der Waals surface area contributed by atoms with Crippen LogP contribution in [0.5, 0.6) is 0 Å². The Hall–Kier alpha value is -2.34. The SMILES string of the molecule is CCC(=O)Nc1ccc(C)c(NS(=O)(=O)c2ccc(C3CCCCC3)cc2)c1. The van der Waals surface area contributed by atoms with Crippen molar-refractivity contribution in [1.82, 2.24) is 0 Å². The van der Waals surface area contributed by atoms with E-state index >= 15 is 0 Å². The molecule has 0 saturated heterocycles. The number of anilines is 2. The number of amides is 1. The van der Waals surface area contributed by atoms with Gasteiger partial charge in [0.25, 0.3) is 10.0 Å². The molecule has 0 aromatic heterocycles. The maximum atomic E-state index is 12.8. The summed E-state index contributed by atoms with van der Waals surface area (Å²) >= 11 is 0. The molecule has 0 aliphatic heterocycles. The summed E-state index contributed by atoms with van der Waals surface area (Å²) in [5, 5.41) is 2.75. The van der Waals surface area contributed by atoms with Crippen LogP contribution >= 0.6 is 0 Å². The summed E-state index contributed by atoms with van der Waals surface area (Å²) in [5.74, 6) is 0.426. The zero-order chi connectivity index (χ0) is 20.1. The summed E-state index contributed by atoms with van der Waals surface area (Å²) in [6.45, 7) is 3.60. The molecule has 5 nitrogen and oxygen atoms in total. The largest absolute Gasteiger partial charge is 0.326 e. The van der Waals surface area contributed by atoms with Gasteiger partial charge in [-0.05, 0) is 61.1 Å². The van der Waals surface area contributed by atoms with Crippen LogP contribution in [0.25, 0.3) is 0 Å². The van der Waals surface area contributed by atoms with Gasteiger partial charge < -0.3 is 5.32 Å². The molecule has 1 aliphatic carbocycles. The first-order valence-corrected chi connectivity index (χ1v) is 11.4. The fourth-order valence-corrected chi connectivity index (χ4v) is 4.74. The summed E-state index contributed by atoms with van der Waals surface area (Å²) in [6, 6.07) is 12.4. The van der Waals surface area contributed by atoms with Crippen molar-refractivity contribution in [3.8, 4) is 0 Å². The van der Waals surface area contributed by atoms with Gasteiger partial charge in [-0.15, -0.1) is 0 Å². The van der Waals surface area contributed by atoms with E-state index < -0.39 is 10.0 Å². The lowest BCUT2D eigenvalue weighted by atomic mass is 9.84. The monoisotopic (exact) mass is 400 g/mol. The van der Waals surface area contributed by atoms with Gasteiger partial charge in [0.1, 0.15) is 0 Å². The smallest absolute Gasteiger partial charge is 0.261 e. The summed E-state index contributed by atoms with van der Waals surface area (Å²) < 4.78 is 28.3. The maximum Gasteiger partial charge on any atom is 0.261 e. The lowest BCUT2D eigenvalue weighted by molar-refractivity contribution is -0.115. The van der Waals surface area contributed by atoms with Crippen molar-refractivity contribution in [2.24, 2.45) is 0 Å². The minimum atomic E-state index is -3.70. The van der Waals surface area contributed by atoms with Crippen LogP contribution in [0.1, 0.15) is 62.5 Å². The fourth-order valence-electron chi connectivity index (χ4n) is 3.62. The molecule has 1 saturated carbocycles. The highest BCUT2D eigenvalue weighted by molar-refractivity contribution is 7.92. The molecular formula is C22H28N2O3S. The molecule has 1 amide bonds. The summed E-state index contributed by atoms with van der Waals surface area (Å²) in [5.41, 5.74) is 3.05. The average Bonchev–Trinajstić information content (AvgIpc) is 2.71. The van der Waals surface area contributed by atoms with Crippen LogP contribution in [0.15, 0.2) is 47.4 Å². The highest BCUT2D eigenvalue weighted by Crippen LogP contribution is 2.33. The van der Waals surface area contributed by atoms with Crippen LogP contribution in [0, 0.1) is 6.92 Å². The van der Waals surface area contributed by atoms with E-state index in [4.69, 9.17) is 0 Å². The van der Waals surface area contributed by atoms with Gasteiger partial charge >= 0.3 is 0 Å². The second-order valence-electron chi connectivity index (χ2n) is 7.44. The Morgan fingerprint density at radius 2 is 1.71 bits per heavy atom. The first-order chi connectivity index (χ1) is 13.4. The van der Waals surface area contributed by atoms with Crippen molar-refractivity contribution in [2.75, 3.05) is 10.0 Å². The van der Waals surface area contributed by atoms with Crippen molar-refractivity contribution >= 4 is 27.3 Å². The van der Waals surface area contributed by atoms with Gasteiger partial charge in [-0.25, -0.2) is 8.42 Å². The van der Waals surface area contributed by atoms with E-state index in [9.17, 15) is 13.2 Å². The van der Waals surface area contributed by atoms with E-state index in [-0.39, 0.29) is 10.8 Å². The number of hydrogen-bond acceptors (Lipinski definition) is 3. The lowest BCUT2D eigenvalue weighted by Crippen LogP contribution is -2.15. The van der Waals surface area contributed by atoms with Gasteiger partial charge in [0.15, 0.2) is 0 Å². The topological polar surface area (TPSA) is 75.3 Å². The summed E-state index contributed by atoms with van der Waals surface area (Å²) in [6.07, 6.45) is 6.51. The molecule has 3 rings (SSSR count). The van der Waals surface area contributed by atoms with Crippen molar-refractivity contribution in [2.45, 2.75) is 63.2 Å². The first-order valence-electron chi connectivity index (χ1n) is 9.92. The molecule has 1 aliphatic rings. The van der Waals surface area contributed by atoms with Crippen LogP contribution in [0.3, 0.4) is 0 Å². The quantitative estimate of drug-likeness (QED) is 0.700. The highest BCUT2D eigenvalue weighted by atomic mass is 32.2. The molecule has 2 aromatic carbocycles. The van der Waals surface area contributed by atoms with Crippen LogP contribution < -0.4 is 10.0 Å². The Balaban J connectivity index is 1.77. The van der Waals surface area contributed by atoms with E-state index in [0.29, 0.717) is 23.7 Å². The van der Waals surface area contributed by atoms with Crippen LogP contribution in [0.4, 0.5) is 11.4 Å². The Labute approximate surface area is 167 Å². The van der Waals surface area contributed by atoms with E-state index in [2.05, 4.69) is 10.0 Å². The zero-order valence-electron chi connectivity index (χ0n) is 16.5. The molecule has 2 N–H and O–H groups in total. The number of benzene rings is 2. The molecule has 0 spiro atoms. The molecule has 150 valence electrons. The van der Waals surface area contributed by atoms with Crippen LogP contribution in [-0.4, -0.2) is 14.3 Å². The molecule has 28 heavy (non-hydrogen) atoms. The standard InChI is InChI=1S/C22H28N2O3S/c1-3-22(25)23-19-12-9-16(2)21(15-19)24-28(26,27)20-13-10-18(11-14-20)17-7-5-4-6-8-17/h9-15,17,24H,3-8H2,1-2H3,(H,23,25). The molecular weight excluding hydrogens is 372 g/mol. The number of carbonyl (C=O) groups is 1. The third-order valence-corrected chi connectivity index (χ3v) is 6.74. The second-order valence-corrected chi connectivity index (χ2v) is 9.12. The van der Waals surface area contributed by atoms with E-state index in [0.717, 1.165) is 5.56 Å². The van der Waals surface area contributed by atoms with E-state index in [1.165, 1.54) is 37.7 Å². The number of hydrogen-bond donors (Lipinski definition) is 2. The van der Waals surface area contributed by atoms with Gasteiger partial charge in [-0.2, -0.15) is 0 Å². The molecule has 6 heteroatoms. The second kappa shape index (κ2) is 8.78. The van der Waals surface area contributed by atoms with Gasteiger partial charge in [0.2, 0.25) is 5.91 Å². The van der Waals surface area contributed by atoms with Crippen LogP contribution in [0.2, 0.25) is 0 Å². The van der Waals surface area contributed by atoms with Crippen molar-refractivity contribution in [3.05, 3.63) is 53.6 Å². The molecule has 0 heterocycles. The zero-order valence-corrected chi connectivity index (χ0v) is 17.3. The van der Waals surface area contributed by atoms with Gasteiger partial charge in [-0.3, -0.25) is 9.52 Å². The third kappa shape index (κ3) is 4.93. The molecule has 2 aromatic rings. The third-order valence-electron chi connectivity index (χ3n) is 5.35. The molecule has 0 unspecified atom stereocenters. The Morgan fingerprint density at radius 1 is 1.04 bits per heavy atom. The normalized spacial score (nSPS) is 15.2. The molecule has 0 bridgehead atoms. The number of carbonyl (C=O) groups excluding carboxylic acids is 1. The van der Waals surface area contributed by atoms with E-state index in [1.54, 1.807) is 37.3 Å². The lowest BCUT2D eigenvalue weighted by Gasteiger charge is -2.22. The molecule has 1 fully saturated rings.